The summed E-state index contributed by atoms with van der Waals surface area (Å²) in [4.78, 5) is 4.99. The maximum absolute atomic E-state index is 4.99. The van der Waals surface area contributed by atoms with Crippen molar-refractivity contribution in [2.45, 2.75) is 12.8 Å². The second-order valence-electron chi connectivity index (χ2n) is 5.74. The molecule has 5 rings (SSSR count). The van der Waals surface area contributed by atoms with E-state index in [2.05, 4.69) is 64.7 Å². The Bertz CT molecular complexity index is 1050. The first kappa shape index (κ1) is 11.1. The number of imidazole rings is 1. The van der Waals surface area contributed by atoms with Crippen molar-refractivity contribution in [3.8, 4) is 0 Å². The third kappa shape index (κ3) is 1.31. The number of pyridine rings is 1. The van der Waals surface area contributed by atoms with Gasteiger partial charge in [0, 0.05) is 29.9 Å². The van der Waals surface area contributed by atoms with Crippen molar-refractivity contribution in [2.75, 3.05) is 0 Å². The highest BCUT2D eigenvalue weighted by Crippen LogP contribution is 2.32. The van der Waals surface area contributed by atoms with E-state index in [1.54, 1.807) is 0 Å². The van der Waals surface area contributed by atoms with Crippen LogP contribution < -0.4 is 0 Å². The number of hydrogen-bond donors (Lipinski definition) is 0. The fourth-order valence-electron chi connectivity index (χ4n) is 3.60. The first-order valence-electron chi connectivity index (χ1n) is 7.38. The Labute approximate surface area is 122 Å². The van der Waals surface area contributed by atoms with Gasteiger partial charge in [-0.2, -0.15) is 0 Å². The molecular weight excluding hydrogens is 258 g/mol. The quantitative estimate of drug-likeness (QED) is 0.476. The zero-order chi connectivity index (χ0) is 14.0. The van der Waals surface area contributed by atoms with Crippen LogP contribution >= 0.6 is 0 Å². The SMILES string of the molecule is Cn1c2c(c3nc4c5ccccc5ccn4c31)CCC=C2. The van der Waals surface area contributed by atoms with Gasteiger partial charge in [0.05, 0.1) is 0 Å². The molecule has 1 aliphatic rings. The fraction of sp³-hybridized carbons (Fsp3) is 0.167. The maximum Gasteiger partial charge on any atom is 0.147 e. The van der Waals surface area contributed by atoms with Crippen LogP contribution in [0.4, 0.5) is 0 Å². The Hall–Kier alpha value is -2.55. The molecule has 0 aliphatic heterocycles. The van der Waals surface area contributed by atoms with Gasteiger partial charge >= 0.3 is 0 Å². The molecule has 3 heteroatoms. The van der Waals surface area contributed by atoms with E-state index in [0.29, 0.717) is 0 Å². The molecule has 0 bridgehead atoms. The first-order chi connectivity index (χ1) is 10.3. The van der Waals surface area contributed by atoms with Crippen LogP contribution in [-0.2, 0) is 13.5 Å². The monoisotopic (exact) mass is 273 g/mol. The molecule has 1 aliphatic carbocycles. The zero-order valence-corrected chi connectivity index (χ0v) is 11.9. The van der Waals surface area contributed by atoms with Crippen LogP contribution in [0.2, 0.25) is 0 Å². The minimum atomic E-state index is 1.06. The number of rotatable bonds is 0. The number of benzene rings is 1. The van der Waals surface area contributed by atoms with Crippen molar-refractivity contribution >= 4 is 33.7 Å². The first-order valence-corrected chi connectivity index (χ1v) is 7.38. The molecule has 0 saturated carbocycles. The van der Waals surface area contributed by atoms with E-state index in [4.69, 9.17) is 4.98 Å². The minimum absolute atomic E-state index is 1.06. The number of allylic oxidation sites excluding steroid dienone is 1. The van der Waals surface area contributed by atoms with Crippen molar-refractivity contribution in [3.05, 3.63) is 53.9 Å². The Morgan fingerprint density at radius 1 is 1.14 bits per heavy atom. The summed E-state index contributed by atoms with van der Waals surface area (Å²) in [6.07, 6.45) is 8.82. The molecule has 0 N–H and O–H groups in total. The predicted molar refractivity (Wildman–Crippen MR) is 86.5 cm³/mol. The van der Waals surface area contributed by atoms with Gasteiger partial charge < -0.3 is 4.57 Å². The summed E-state index contributed by atoms with van der Waals surface area (Å²) in [5, 5.41) is 2.46. The molecule has 0 spiro atoms. The Morgan fingerprint density at radius 2 is 2.05 bits per heavy atom. The van der Waals surface area contributed by atoms with E-state index in [-0.39, 0.29) is 0 Å². The van der Waals surface area contributed by atoms with Crippen molar-refractivity contribution in [1.82, 2.24) is 14.0 Å². The summed E-state index contributed by atoms with van der Waals surface area (Å²) in [7, 11) is 2.14. The van der Waals surface area contributed by atoms with Crippen LogP contribution in [0.5, 0.6) is 0 Å². The highest BCUT2D eigenvalue weighted by Gasteiger charge is 2.20. The fourth-order valence-corrected chi connectivity index (χ4v) is 3.60. The Kier molecular flexibility index (Phi) is 1.99. The van der Waals surface area contributed by atoms with Crippen LogP contribution in [0.25, 0.3) is 33.7 Å². The topological polar surface area (TPSA) is 22.2 Å². The lowest BCUT2D eigenvalue weighted by Gasteiger charge is -2.08. The Morgan fingerprint density at radius 3 is 3.00 bits per heavy atom. The number of fused-ring (bicyclic) bond motifs is 7. The normalized spacial score (nSPS) is 14.3. The number of aromatic nitrogens is 3. The average Bonchev–Trinajstić information content (AvgIpc) is 3.05. The van der Waals surface area contributed by atoms with Gasteiger partial charge in [0.2, 0.25) is 0 Å². The van der Waals surface area contributed by atoms with Crippen molar-refractivity contribution < 1.29 is 0 Å². The molecule has 0 unspecified atom stereocenters. The lowest BCUT2D eigenvalue weighted by Crippen LogP contribution is -1.99. The molecular formula is C18H15N3. The van der Waals surface area contributed by atoms with Gasteiger partial charge in [-0.1, -0.05) is 30.3 Å². The molecule has 21 heavy (non-hydrogen) atoms. The lowest BCUT2D eigenvalue weighted by atomic mass is 10.0. The van der Waals surface area contributed by atoms with Gasteiger partial charge in [-0.25, -0.2) is 4.98 Å². The molecule has 3 aromatic heterocycles. The van der Waals surface area contributed by atoms with E-state index in [1.807, 2.05) is 0 Å². The third-order valence-electron chi connectivity index (χ3n) is 4.60. The molecule has 102 valence electrons. The van der Waals surface area contributed by atoms with Crippen LogP contribution in [0.1, 0.15) is 17.7 Å². The van der Waals surface area contributed by atoms with Crippen molar-refractivity contribution in [2.24, 2.45) is 7.05 Å². The Balaban J connectivity index is 2.03. The molecule has 1 aromatic carbocycles. The van der Waals surface area contributed by atoms with Gasteiger partial charge in [0.15, 0.2) is 0 Å². The smallest absolute Gasteiger partial charge is 0.147 e. The van der Waals surface area contributed by atoms with Crippen molar-refractivity contribution in [3.63, 3.8) is 0 Å². The summed E-state index contributed by atoms with van der Waals surface area (Å²) in [6.45, 7) is 0. The summed E-state index contributed by atoms with van der Waals surface area (Å²) in [5.41, 5.74) is 6.12. The average molecular weight is 273 g/mol. The standard InChI is InChI=1S/C18H15N3/c1-20-15-9-5-4-8-14(15)16-18(20)21-11-10-12-6-2-3-7-13(12)17(21)19-16/h2-3,5-7,9-11H,4,8H2,1H3. The number of hydrogen-bond acceptors (Lipinski definition) is 1. The van der Waals surface area contributed by atoms with Crippen LogP contribution in [-0.4, -0.2) is 14.0 Å². The second-order valence-corrected chi connectivity index (χ2v) is 5.74. The highest BCUT2D eigenvalue weighted by atomic mass is 15.1. The van der Waals surface area contributed by atoms with Crippen LogP contribution in [0, 0.1) is 0 Å². The van der Waals surface area contributed by atoms with Crippen LogP contribution in [0.15, 0.2) is 42.6 Å². The molecule has 3 nitrogen and oxygen atoms in total. The number of nitrogens with zero attached hydrogens (tertiary/aromatic N) is 3. The summed E-state index contributed by atoms with van der Waals surface area (Å²) in [5.74, 6) is 0. The summed E-state index contributed by atoms with van der Waals surface area (Å²) in [6, 6.07) is 10.6. The van der Waals surface area contributed by atoms with Gasteiger partial charge in [-0.05, 0) is 30.4 Å². The molecule has 3 heterocycles. The van der Waals surface area contributed by atoms with E-state index < -0.39 is 0 Å². The molecule has 0 fully saturated rings. The van der Waals surface area contributed by atoms with Gasteiger partial charge in [-0.15, -0.1) is 0 Å². The lowest BCUT2D eigenvalue weighted by molar-refractivity contribution is 0.889. The van der Waals surface area contributed by atoms with E-state index in [0.717, 1.165) is 24.0 Å². The zero-order valence-electron chi connectivity index (χ0n) is 11.9. The summed E-state index contributed by atoms with van der Waals surface area (Å²) >= 11 is 0. The van der Waals surface area contributed by atoms with Gasteiger partial charge in [0.25, 0.3) is 0 Å². The maximum atomic E-state index is 4.99. The van der Waals surface area contributed by atoms with E-state index >= 15 is 0 Å². The highest BCUT2D eigenvalue weighted by molar-refractivity contribution is 5.99. The summed E-state index contributed by atoms with van der Waals surface area (Å²) < 4.78 is 4.50. The molecule has 0 radical (unpaired) electrons. The molecule has 0 saturated heterocycles. The largest absolute Gasteiger partial charge is 0.328 e. The number of aryl methyl sites for hydroxylation is 2. The molecule has 4 aromatic rings. The minimum Gasteiger partial charge on any atom is -0.328 e. The third-order valence-corrected chi connectivity index (χ3v) is 4.60. The molecule has 0 atom stereocenters. The van der Waals surface area contributed by atoms with Gasteiger partial charge in [0.1, 0.15) is 16.8 Å². The van der Waals surface area contributed by atoms with E-state index in [9.17, 15) is 0 Å². The van der Waals surface area contributed by atoms with Crippen molar-refractivity contribution in [1.29, 1.82) is 0 Å². The molecule has 0 amide bonds. The van der Waals surface area contributed by atoms with E-state index in [1.165, 1.54) is 27.7 Å². The second kappa shape index (κ2) is 3.76. The predicted octanol–water partition coefficient (Wildman–Crippen LogP) is 3.94. The van der Waals surface area contributed by atoms with Gasteiger partial charge in [-0.3, -0.25) is 4.40 Å². The van der Waals surface area contributed by atoms with Crippen LogP contribution in [0.3, 0.4) is 0 Å².